The van der Waals surface area contributed by atoms with Crippen molar-refractivity contribution in [1.29, 1.82) is 0 Å². The molecule has 6 N–H and O–H groups in total. The van der Waals surface area contributed by atoms with Crippen LogP contribution in [0.15, 0.2) is 23.1 Å². The fourth-order valence-electron chi connectivity index (χ4n) is 0.847. The van der Waals surface area contributed by atoms with E-state index >= 15 is 0 Å². The molecule has 0 aliphatic heterocycles. The number of aromatic hydroxyl groups is 1. The lowest BCUT2D eigenvalue weighted by atomic mass is 10.2. The smallest absolute Gasteiger partial charge is 0.339 e. The average Bonchev–Trinajstić information content (AvgIpc) is 2.02. The molecule has 0 saturated carbocycles. The van der Waals surface area contributed by atoms with Gasteiger partial charge in [0.05, 0.1) is 4.90 Å². The van der Waals surface area contributed by atoms with Gasteiger partial charge in [0.15, 0.2) is 0 Å². The van der Waals surface area contributed by atoms with Crippen LogP contribution >= 0.6 is 0 Å². The minimum Gasteiger partial charge on any atom is -0.507 e. The number of rotatable bonds is 2. The molecule has 0 spiro atoms. The number of hydrogen-bond donors (Lipinski definition) is 4. The highest BCUT2D eigenvalue weighted by Gasteiger charge is 2.15. The van der Waals surface area contributed by atoms with E-state index in [-0.39, 0.29) is 6.15 Å². The first-order chi connectivity index (χ1) is 6.32. The maximum absolute atomic E-state index is 10.6. The summed E-state index contributed by atoms with van der Waals surface area (Å²) >= 11 is 0. The summed E-state index contributed by atoms with van der Waals surface area (Å²) in [5, 5.41) is 17.5. The summed E-state index contributed by atoms with van der Waals surface area (Å²) in [5.74, 6) is -2.04. The van der Waals surface area contributed by atoms with E-state index < -0.39 is 32.3 Å². The number of carboxylic acids is 1. The Morgan fingerprint density at radius 3 is 2.20 bits per heavy atom. The van der Waals surface area contributed by atoms with Crippen molar-refractivity contribution in [2.24, 2.45) is 0 Å². The third-order valence-electron chi connectivity index (χ3n) is 1.50. The fraction of sp³-hybridized carbons (Fsp3) is 0. The molecule has 0 amide bonds. The van der Waals surface area contributed by atoms with Crippen molar-refractivity contribution in [3.05, 3.63) is 23.8 Å². The monoisotopic (exact) mass is 235 g/mol. The summed E-state index contributed by atoms with van der Waals surface area (Å²) in [5.41, 5.74) is -0.583. The quantitative estimate of drug-likeness (QED) is 0.545. The van der Waals surface area contributed by atoms with Crippen LogP contribution in [0.1, 0.15) is 10.4 Å². The van der Waals surface area contributed by atoms with Gasteiger partial charge in [-0.2, -0.15) is 8.42 Å². The Labute approximate surface area is 85.3 Å². The number of benzene rings is 1. The molecule has 0 unspecified atom stereocenters. The Morgan fingerprint density at radius 1 is 1.27 bits per heavy atom. The summed E-state index contributed by atoms with van der Waals surface area (Å²) < 4.78 is 29.8. The third-order valence-corrected chi connectivity index (χ3v) is 2.35. The Balaban J connectivity index is 0.00000196. The molecule has 15 heavy (non-hydrogen) atoms. The Kier molecular flexibility index (Phi) is 3.79. The number of carbonyl (C=O) groups is 1. The third kappa shape index (κ3) is 2.91. The molecule has 7 nitrogen and oxygen atoms in total. The Morgan fingerprint density at radius 2 is 1.80 bits per heavy atom. The molecule has 1 rings (SSSR count). The first-order valence-electron chi connectivity index (χ1n) is 3.36. The van der Waals surface area contributed by atoms with Crippen LogP contribution in [0, 0.1) is 0 Å². The van der Waals surface area contributed by atoms with Crippen LogP contribution in [0.5, 0.6) is 5.75 Å². The normalized spacial score (nSPS) is 10.5. The number of aromatic carboxylic acids is 1. The van der Waals surface area contributed by atoms with E-state index in [2.05, 4.69) is 0 Å². The van der Waals surface area contributed by atoms with Crippen LogP contribution in [0.25, 0.3) is 0 Å². The minimum absolute atomic E-state index is 0. The lowest BCUT2D eigenvalue weighted by molar-refractivity contribution is 0.0693. The van der Waals surface area contributed by atoms with Crippen LogP contribution in [0.3, 0.4) is 0 Å². The highest BCUT2D eigenvalue weighted by molar-refractivity contribution is 7.85. The van der Waals surface area contributed by atoms with E-state index in [1.807, 2.05) is 0 Å². The second-order valence-electron chi connectivity index (χ2n) is 2.46. The van der Waals surface area contributed by atoms with Crippen LogP contribution in [0.4, 0.5) is 0 Å². The Bertz CT molecular complexity index is 480. The SMILES string of the molecule is N.O=C(O)c1cc(S(=O)(=O)O)ccc1O. The number of phenols is 1. The topological polar surface area (TPSA) is 147 Å². The van der Waals surface area contributed by atoms with Crippen molar-refractivity contribution in [1.82, 2.24) is 6.15 Å². The number of hydrogen-bond acceptors (Lipinski definition) is 5. The maximum atomic E-state index is 10.6. The second-order valence-corrected chi connectivity index (χ2v) is 3.88. The van der Waals surface area contributed by atoms with Crippen molar-refractivity contribution in [3.8, 4) is 5.75 Å². The van der Waals surface area contributed by atoms with Crippen LogP contribution in [-0.2, 0) is 10.1 Å². The standard InChI is InChI=1S/C7H6O6S.H3N/c8-6-2-1-4(14(11,12)13)3-5(6)7(9)10;/h1-3,8H,(H,9,10)(H,11,12,13);1H3. The van der Waals surface area contributed by atoms with E-state index in [0.29, 0.717) is 6.07 Å². The summed E-state index contributed by atoms with van der Waals surface area (Å²) in [6, 6.07) is 2.46. The van der Waals surface area contributed by atoms with Gasteiger partial charge < -0.3 is 16.4 Å². The molecule has 0 fully saturated rings. The minimum atomic E-state index is -4.45. The molecule has 84 valence electrons. The maximum Gasteiger partial charge on any atom is 0.339 e. The van der Waals surface area contributed by atoms with Gasteiger partial charge in [0, 0.05) is 0 Å². The van der Waals surface area contributed by atoms with Gasteiger partial charge in [-0.15, -0.1) is 0 Å². The first kappa shape index (κ1) is 13.4. The molecule has 0 heterocycles. The summed E-state index contributed by atoms with van der Waals surface area (Å²) in [6.07, 6.45) is 0. The fourth-order valence-corrected chi connectivity index (χ4v) is 1.35. The number of carboxylic acid groups (broad SMARTS) is 1. The van der Waals surface area contributed by atoms with Gasteiger partial charge in [-0.05, 0) is 18.2 Å². The summed E-state index contributed by atoms with van der Waals surface area (Å²) in [6.45, 7) is 0. The van der Waals surface area contributed by atoms with E-state index in [0.717, 1.165) is 12.1 Å². The Hall–Kier alpha value is -1.64. The van der Waals surface area contributed by atoms with Gasteiger partial charge in [-0.25, -0.2) is 4.79 Å². The van der Waals surface area contributed by atoms with Gasteiger partial charge >= 0.3 is 5.97 Å². The molecular weight excluding hydrogens is 226 g/mol. The highest BCUT2D eigenvalue weighted by Crippen LogP contribution is 2.20. The molecule has 0 saturated heterocycles. The van der Waals surface area contributed by atoms with Crippen LogP contribution in [0.2, 0.25) is 0 Å². The largest absolute Gasteiger partial charge is 0.507 e. The molecule has 8 heteroatoms. The van der Waals surface area contributed by atoms with Crippen molar-refractivity contribution in [2.45, 2.75) is 4.90 Å². The molecule has 0 atom stereocenters. The molecule has 0 bridgehead atoms. The van der Waals surface area contributed by atoms with E-state index in [4.69, 9.17) is 14.8 Å². The highest BCUT2D eigenvalue weighted by atomic mass is 32.2. The predicted octanol–water partition coefficient (Wildman–Crippen LogP) is 0.499. The van der Waals surface area contributed by atoms with Gasteiger partial charge in [0.25, 0.3) is 10.1 Å². The van der Waals surface area contributed by atoms with Gasteiger partial charge in [-0.1, -0.05) is 0 Å². The van der Waals surface area contributed by atoms with Gasteiger partial charge in [0.1, 0.15) is 11.3 Å². The lowest BCUT2D eigenvalue weighted by Crippen LogP contribution is -2.02. The van der Waals surface area contributed by atoms with Gasteiger partial charge in [0.2, 0.25) is 0 Å². The van der Waals surface area contributed by atoms with Crippen LogP contribution < -0.4 is 6.15 Å². The van der Waals surface area contributed by atoms with Crippen molar-refractivity contribution in [3.63, 3.8) is 0 Å². The molecular formula is C7H9NO6S. The zero-order valence-electron chi connectivity index (χ0n) is 7.41. The molecule has 1 aromatic rings. The zero-order valence-corrected chi connectivity index (χ0v) is 8.23. The summed E-state index contributed by atoms with van der Waals surface area (Å²) in [4.78, 5) is 9.89. The van der Waals surface area contributed by atoms with Crippen molar-refractivity contribution in [2.75, 3.05) is 0 Å². The first-order valence-corrected chi connectivity index (χ1v) is 4.80. The molecule has 0 radical (unpaired) electrons. The predicted molar refractivity (Wildman–Crippen MR) is 49.9 cm³/mol. The van der Waals surface area contributed by atoms with E-state index in [9.17, 15) is 13.2 Å². The zero-order chi connectivity index (χ0) is 10.9. The van der Waals surface area contributed by atoms with Crippen LogP contribution in [-0.4, -0.2) is 29.2 Å². The van der Waals surface area contributed by atoms with Gasteiger partial charge in [-0.3, -0.25) is 4.55 Å². The van der Waals surface area contributed by atoms with Crippen molar-refractivity contribution >= 4 is 16.1 Å². The average molecular weight is 235 g/mol. The lowest BCUT2D eigenvalue weighted by Gasteiger charge is -2.01. The van der Waals surface area contributed by atoms with E-state index in [1.165, 1.54) is 0 Å². The van der Waals surface area contributed by atoms with Crippen molar-refractivity contribution < 1.29 is 28.0 Å². The second kappa shape index (κ2) is 4.26. The summed E-state index contributed by atoms with van der Waals surface area (Å²) in [7, 11) is -4.45. The molecule has 1 aromatic carbocycles. The molecule has 0 aromatic heterocycles. The molecule has 0 aliphatic carbocycles. The molecule has 0 aliphatic rings. The van der Waals surface area contributed by atoms with E-state index in [1.54, 1.807) is 0 Å².